The van der Waals surface area contributed by atoms with Gasteiger partial charge in [0.1, 0.15) is 5.82 Å². The zero-order chi connectivity index (χ0) is 14.9. The van der Waals surface area contributed by atoms with Crippen LogP contribution in [-0.4, -0.2) is 33.7 Å². The van der Waals surface area contributed by atoms with E-state index in [0.29, 0.717) is 18.8 Å². The summed E-state index contributed by atoms with van der Waals surface area (Å²) in [5, 5.41) is 0.181. The lowest BCUT2D eigenvalue weighted by Gasteiger charge is -2.20. The fraction of sp³-hybridized carbons (Fsp3) is 0.429. The van der Waals surface area contributed by atoms with Crippen molar-refractivity contribution in [3.8, 4) is 0 Å². The summed E-state index contributed by atoms with van der Waals surface area (Å²) in [6.45, 7) is 2.31. The lowest BCUT2D eigenvalue weighted by molar-refractivity contribution is 0.397. The van der Waals surface area contributed by atoms with Crippen LogP contribution < -0.4 is 0 Å². The van der Waals surface area contributed by atoms with E-state index < -0.39 is 10.0 Å². The van der Waals surface area contributed by atoms with Crippen LogP contribution in [-0.2, 0) is 23.0 Å². The number of hydrogen-bond acceptors (Lipinski definition) is 4. The molecule has 0 atom stereocenters. The van der Waals surface area contributed by atoms with Gasteiger partial charge in [-0.3, -0.25) is 4.98 Å². The van der Waals surface area contributed by atoms with Crippen LogP contribution in [0.3, 0.4) is 0 Å². The number of aromatic nitrogens is 3. The predicted molar refractivity (Wildman–Crippen MR) is 78.0 cm³/mol. The van der Waals surface area contributed by atoms with E-state index in [4.69, 9.17) is 0 Å². The Hall–Kier alpha value is -1.73. The molecule has 7 heteroatoms. The van der Waals surface area contributed by atoms with Crippen molar-refractivity contribution in [2.45, 2.75) is 43.8 Å². The summed E-state index contributed by atoms with van der Waals surface area (Å²) in [5.74, 6) is 0.688. The van der Waals surface area contributed by atoms with Gasteiger partial charge in [-0.1, -0.05) is 6.92 Å². The molecule has 0 bridgehead atoms. The molecule has 0 saturated heterocycles. The number of nitrogens with one attached hydrogen (secondary N) is 1. The molecule has 1 saturated carbocycles. The topological polar surface area (TPSA) is 79.0 Å². The molecule has 0 aliphatic heterocycles. The standard InChI is InChI=1S/C14H18N4O2S/c1-2-13-16-9-14(17-13)21(19,20)18(12-3-4-12)10-11-5-7-15-8-6-11/h5-9,12H,2-4,10H2,1H3,(H,16,17). The molecular formula is C14H18N4O2S. The van der Waals surface area contributed by atoms with Gasteiger partial charge in [-0.25, -0.2) is 13.4 Å². The molecule has 21 heavy (non-hydrogen) atoms. The Morgan fingerprint density at radius 3 is 2.62 bits per heavy atom. The summed E-state index contributed by atoms with van der Waals surface area (Å²) >= 11 is 0. The number of aromatic amines is 1. The Morgan fingerprint density at radius 2 is 2.05 bits per heavy atom. The zero-order valence-electron chi connectivity index (χ0n) is 11.9. The van der Waals surface area contributed by atoms with Gasteiger partial charge in [0.15, 0.2) is 5.03 Å². The molecule has 1 fully saturated rings. The van der Waals surface area contributed by atoms with Gasteiger partial charge in [-0.05, 0) is 30.5 Å². The van der Waals surface area contributed by atoms with Crippen LogP contribution in [0.1, 0.15) is 31.2 Å². The third kappa shape index (κ3) is 2.98. The minimum Gasteiger partial charge on any atom is -0.332 e. The van der Waals surface area contributed by atoms with Gasteiger partial charge in [0.25, 0.3) is 10.0 Å². The van der Waals surface area contributed by atoms with Gasteiger partial charge in [-0.2, -0.15) is 4.31 Å². The predicted octanol–water partition coefficient (Wildman–Crippen LogP) is 1.72. The molecule has 1 aliphatic rings. The maximum atomic E-state index is 12.8. The second kappa shape index (κ2) is 5.57. The minimum absolute atomic E-state index is 0.0940. The highest BCUT2D eigenvalue weighted by molar-refractivity contribution is 7.89. The van der Waals surface area contributed by atoms with Gasteiger partial charge in [0.2, 0.25) is 0 Å². The monoisotopic (exact) mass is 306 g/mol. The molecule has 0 unspecified atom stereocenters. The first-order valence-electron chi connectivity index (χ1n) is 7.06. The maximum Gasteiger partial charge on any atom is 0.260 e. The lowest BCUT2D eigenvalue weighted by atomic mass is 10.3. The van der Waals surface area contributed by atoms with Crippen LogP contribution >= 0.6 is 0 Å². The Morgan fingerprint density at radius 1 is 1.33 bits per heavy atom. The second-order valence-corrected chi connectivity index (χ2v) is 7.04. The van der Waals surface area contributed by atoms with E-state index in [0.717, 1.165) is 18.4 Å². The van der Waals surface area contributed by atoms with Crippen LogP contribution in [0.25, 0.3) is 0 Å². The molecule has 0 aromatic carbocycles. The average molecular weight is 306 g/mol. The van der Waals surface area contributed by atoms with E-state index in [1.54, 1.807) is 16.7 Å². The first kappa shape index (κ1) is 14.2. The zero-order valence-corrected chi connectivity index (χ0v) is 12.7. The number of rotatable bonds is 6. The average Bonchev–Trinajstić information content (AvgIpc) is 3.20. The molecule has 2 heterocycles. The first-order valence-corrected chi connectivity index (χ1v) is 8.50. The smallest absolute Gasteiger partial charge is 0.260 e. The van der Waals surface area contributed by atoms with Gasteiger partial charge in [0.05, 0.1) is 6.20 Å². The molecule has 1 aliphatic carbocycles. The Balaban J connectivity index is 1.89. The van der Waals surface area contributed by atoms with Crippen LogP contribution in [0.4, 0.5) is 0 Å². The summed E-state index contributed by atoms with van der Waals surface area (Å²) in [7, 11) is -3.53. The summed E-state index contributed by atoms with van der Waals surface area (Å²) < 4.78 is 27.1. The molecular weight excluding hydrogens is 288 g/mol. The largest absolute Gasteiger partial charge is 0.332 e. The SMILES string of the molecule is CCc1ncc(S(=O)(=O)N(Cc2ccncc2)C2CC2)[nH]1. The molecule has 0 radical (unpaired) electrons. The lowest BCUT2D eigenvalue weighted by Crippen LogP contribution is -2.33. The Kier molecular flexibility index (Phi) is 3.77. The Labute approximate surface area is 124 Å². The number of aryl methyl sites for hydroxylation is 1. The number of H-pyrrole nitrogens is 1. The highest BCUT2D eigenvalue weighted by Gasteiger charge is 2.38. The summed E-state index contributed by atoms with van der Waals surface area (Å²) in [5.41, 5.74) is 0.940. The number of hydrogen-bond donors (Lipinski definition) is 1. The van der Waals surface area contributed by atoms with E-state index in [2.05, 4.69) is 15.0 Å². The molecule has 112 valence electrons. The molecule has 2 aromatic rings. The van der Waals surface area contributed by atoms with Crippen LogP contribution in [0.5, 0.6) is 0 Å². The Bertz CT molecular complexity index is 708. The highest BCUT2D eigenvalue weighted by Crippen LogP contribution is 2.33. The number of pyridine rings is 1. The maximum absolute atomic E-state index is 12.8. The quantitative estimate of drug-likeness (QED) is 0.881. The van der Waals surface area contributed by atoms with Gasteiger partial charge >= 0.3 is 0 Å². The summed E-state index contributed by atoms with van der Waals surface area (Å²) in [4.78, 5) is 11.0. The minimum atomic E-state index is -3.53. The van der Waals surface area contributed by atoms with Crippen molar-refractivity contribution in [2.24, 2.45) is 0 Å². The molecule has 0 amide bonds. The fourth-order valence-electron chi connectivity index (χ4n) is 2.22. The van der Waals surface area contributed by atoms with E-state index >= 15 is 0 Å². The third-order valence-electron chi connectivity index (χ3n) is 3.57. The molecule has 3 rings (SSSR count). The van der Waals surface area contributed by atoms with E-state index in [-0.39, 0.29) is 11.1 Å². The van der Waals surface area contributed by atoms with Crippen molar-refractivity contribution < 1.29 is 8.42 Å². The van der Waals surface area contributed by atoms with Crippen molar-refractivity contribution in [3.63, 3.8) is 0 Å². The first-order chi connectivity index (χ1) is 10.1. The normalized spacial score (nSPS) is 15.5. The fourth-order valence-corrected chi connectivity index (χ4v) is 3.83. The van der Waals surface area contributed by atoms with Crippen molar-refractivity contribution >= 4 is 10.0 Å². The number of sulfonamides is 1. The molecule has 1 N–H and O–H groups in total. The van der Waals surface area contributed by atoms with Crippen LogP contribution in [0.15, 0.2) is 35.7 Å². The van der Waals surface area contributed by atoms with Gasteiger partial charge in [0, 0.05) is 31.4 Å². The summed E-state index contributed by atoms with van der Waals surface area (Å²) in [6, 6.07) is 3.78. The number of imidazole rings is 1. The van der Waals surface area contributed by atoms with E-state index in [9.17, 15) is 8.42 Å². The van der Waals surface area contributed by atoms with Crippen LogP contribution in [0, 0.1) is 0 Å². The van der Waals surface area contributed by atoms with Gasteiger partial charge in [-0.15, -0.1) is 0 Å². The van der Waals surface area contributed by atoms with E-state index in [1.165, 1.54) is 6.20 Å². The number of nitrogens with zero attached hydrogens (tertiary/aromatic N) is 3. The van der Waals surface area contributed by atoms with Crippen LogP contribution in [0.2, 0.25) is 0 Å². The van der Waals surface area contributed by atoms with Gasteiger partial charge < -0.3 is 4.98 Å². The van der Waals surface area contributed by atoms with E-state index in [1.807, 2.05) is 19.1 Å². The molecule has 6 nitrogen and oxygen atoms in total. The second-order valence-electron chi connectivity index (χ2n) is 5.18. The summed E-state index contributed by atoms with van der Waals surface area (Å²) in [6.07, 6.45) is 7.29. The van der Waals surface area contributed by atoms with Crippen molar-refractivity contribution in [1.29, 1.82) is 0 Å². The molecule has 2 aromatic heterocycles. The highest BCUT2D eigenvalue weighted by atomic mass is 32.2. The van der Waals surface area contributed by atoms with Crippen molar-refractivity contribution in [2.75, 3.05) is 0 Å². The third-order valence-corrected chi connectivity index (χ3v) is 5.38. The van der Waals surface area contributed by atoms with Crippen molar-refractivity contribution in [1.82, 2.24) is 19.3 Å². The van der Waals surface area contributed by atoms with Crippen molar-refractivity contribution in [3.05, 3.63) is 42.1 Å². The molecule has 0 spiro atoms.